The maximum absolute atomic E-state index is 13.8. The number of amides is 1. The van der Waals surface area contributed by atoms with E-state index in [9.17, 15) is 9.59 Å². The molecule has 4 rings (SSSR count). The number of hydrogen-bond donors (Lipinski definition) is 1. The summed E-state index contributed by atoms with van der Waals surface area (Å²) >= 11 is 0. The van der Waals surface area contributed by atoms with Gasteiger partial charge in [-0.3, -0.25) is 14.2 Å². The first-order valence-electron chi connectivity index (χ1n) is 14.4. The third kappa shape index (κ3) is 9.09. The zero-order valence-corrected chi connectivity index (χ0v) is 23.8. The van der Waals surface area contributed by atoms with E-state index in [1.165, 1.54) is 6.92 Å². The lowest BCUT2D eigenvalue weighted by Crippen LogP contribution is -2.40. The van der Waals surface area contributed by atoms with Crippen LogP contribution in [0.15, 0.2) is 42.3 Å². The molecule has 0 spiro atoms. The van der Waals surface area contributed by atoms with E-state index in [-0.39, 0.29) is 30.1 Å². The zero-order chi connectivity index (χ0) is 28.9. The van der Waals surface area contributed by atoms with Gasteiger partial charge >= 0.3 is 0 Å². The highest BCUT2D eigenvalue weighted by atomic mass is 16.7. The van der Waals surface area contributed by atoms with Gasteiger partial charge in [0.25, 0.3) is 5.91 Å². The molecule has 41 heavy (non-hydrogen) atoms. The third-order valence-electron chi connectivity index (χ3n) is 7.02. The van der Waals surface area contributed by atoms with Crippen molar-refractivity contribution in [2.45, 2.75) is 38.4 Å². The van der Waals surface area contributed by atoms with E-state index in [2.05, 4.69) is 0 Å². The first-order valence-corrected chi connectivity index (χ1v) is 14.4. The molecule has 0 bridgehead atoms. The van der Waals surface area contributed by atoms with Crippen LogP contribution >= 0.6 is 0 Å². The van der Waals surface area contributed by atoms with E-state index < -0.39 is 6.29 Å². The summed E-state index contributed by atoms with van der Waals surface area (Å²) in [4.78, 5) is 27.9. The zero-order valence-electron chi connectivity index (χ0n) is 23.8. The molecule has 0 saturated carbocycles. The van der Waals surface area contributed by atoms with Gasteiger partial charge < -0.3 is 38.4 Å². The van der Waals surface area contributed by atoms with Crippen LogP contribution in [0.3, 0.4) is 0 Å². The maximum Gasteiger partial charge on any atom is 0.288 e. The lowest BCUT2D eigenvalue weighted by atomic mass is 9.92. The van der Waals surface area contributed by atoms with Crippen LogP contribution < -0.4 is 0 Å². The predicted molar refractivity (Wildman–Crippen MR) is 151 cm³/mol. The van der Waals surface area contributed by atoms with Gasteiger partial charge in [-0.15, -0.1) is 0 Å². The van der Waals surface area contributed by atoms with Gasteiger partial charge in [-0.1, -0.05) is 18.2 Å². The number of aromatic nitrogens is 1. The summed E-state index contributed by atoms with van der Waals surface area (Å²) in [7, 11) is 0. The maximum atomic E-state index is 13.8. The minimum atomic E-state index is -0.660. The second-order valence-corrected chi connectivity index (χ2v) is 9.95. The second kappa shape index (κ2) is 16.6. The molecule has 11 nitrogen and oxygen atoms in total. The lowest BCUT2D eigenvalue weighted by molar-refractivity contribution is -0.153. The van der Waals surface area contributed by atoms with Crippen LogP contribution in [-0.2, 0) is 33.2 Å². The summed E-state index contributed by atoms with van der Waals surface area (Å²) in [5.74, 6) is -0.397. The molecule has 1 aromatic heterocycles. The Morgan fingerprint density at radius 2 is 1.56 bits per heavy atom. The number of unbranched alkanes of at least 4 members (excludes halogenated alkanes) is 1. The molecular formula is C30H42N2O9. The molecule has 3 heterocycles. The Labute approximate surface area is 240 Å². The molecule has 2 aromatic rings. The summed E-state index contributed by atoms with van der Waals surface area (Å²) in [6.07, 6.45) is 4.79. The molecule has 1 amide bonds. The fraction of sp³-hybridized carbons (Fsp3) is 0.600. The van der Waals surface area contributed by atoms with E-state index in [4.69, 9.17) is 33.5 Å². The van der Waals surface area contributed by atoms with Crippen LogP contribution in [-0.4, -0.2) is 112 Å². The van der Waals surface area contributed by atoms with Crippen LogP contribution in [0, 0.1) is 0 Å². The van der Waals surface area contributed by atoms with Gasteiger partial charge in [-0.2, -0.15) is 0 Å². The Bertz CT molecular complexity index is 1130. The fourth-order valence-corrected chi connectivity index (χ4v) is 4.90. The molecule has 0 radical (unpaired) electrons. The van der Waals surface area contributed by atoms with Crippen molar-refractivity contribution in [3.8, 4) is 0 Å². The topological polar surface area (TPSA) is 118 Å². The number of fused-ring (bicyclic) bond motifs is 1. The summed E-state index contributed by atoms with van der Waals surface area (Å²) in [6, 6.07) is 7.74. The number of aliphatic hydroxyl groups is 1. The monoisotopic (exact) mass is 574 g/mol. The normalized spacial score (nSPS) is 21.9. The summed E-state index contributed by atoms with van der Waals surface area (Å²) in [5, 5.41) is 10.1. The van der Waals surface area contributed by atoms with E-state index in [1.54, 1.807) is 9.47 Å². The van der Waals surface area contributed by atoms with Crippen molar-refractivity contribution in [2.24, 2.45) is 0 Å². The Kier molecular flexibility index (Phi) is 12.6. The fourth-order valence-electron chi connectivity index (χ4n) is 4.90. The number of benzene rings is 1. The molecule has 11 heteroatoms. The highest BCUT2D eigenvalue weighted by Crippen LogP contribution is 2.37. The number of hydrogen-bond acceptors (Lipinski definition) is 9. The molecule has 2 aliphatic heterocycles. The Hall–Kier alpha value is -2.80. The molecular weight excluding hydrogens is 532 g/mol. The smallest absolute Gasteiger partial charge is 0.288 e. The van der Waals surface area contributed by atoms with Crippen molar-refractivity contribution in [3.63, 3.8) is 0 Å². The predicted octanol–water partition coefficient (Wildman–Crippen LogP) is 2.71. The van der Waals surface area contributed by atoms with E-state index in [1.807, 2.05) is 36.5 Å². The Morgan fingerprint density at radius 1 is 0.927 bits per heavy atom. The summed E-state index contributed by atoms with van der Waals surface area (Å²) in [5.41, 5.74) is 1.74. The van der Waals surface area contributed by atoms with Crippen molar-refractivity contribution < 1.29 is 43.1 Å². The van der Waals surface area contributed by atoms with Gasteiger partial charge in [0.15, 0.2) is 5.76 Å². The number of allylic oxidation sites excluding steroid dienone is 1. The van der Waals surface area contributed by atoms with Crippen molar-refractivity contribution >= 4 is 22.7 Å². The lowest BCUT2D eigenvalue weighted by Gasteiger charge is -2.31. The van der Waals surface area contributed by atoms with E-state index in [0.717, 1.165) is 16.5 Å². The van der Waals surface area contributed by atoms with Gasteiger partial charge in [0.1, 0.15) is 0 Å². The van der Waals surface area contributed by atoms with Crippen molar-refractivity contribution in [3.05, 3.63) is 47.9 Å². The molecule has 1 aromatic carbocycles. The molecule has 2 atom stereocenters. The molecule has 2 aliphatic rings. The van der Waals surface area contributed by atoms with Gasteiger partial charge in [0.2, 0.25) is 12.2 Å². The number of carbonyl (C=O) groups is 2. The first kappa shape index (κ1) is 31.1. The van der Waals surface area contributed by atoms with Crippen LogP contribution in [0.2, 0.25) is 0 Å². The molecule has 226 valence electrons. The van der Waals surface area contributed by atoms with Gasteiger partial charge in [-0.05, 0) is 30.5 Å². The average molecular weight is 575 g/mol. The standard InChI is InChI=1S/C30H42N2O9/c1-23(34)32-22-26(25-6-2-3-7-27(25)32)24-20-28(41-29(21-24)40-11-5-4-10-33)30(35)31-8-12-36-14-16-38-18-19-39-17-15-37-13-9-31/h2-3,6-7,20,22,24,29,33H,4-5,8-19,21H2,1H3/t24-,29+/m0/s1. The van der Waals surface area contributed by atoms with Gasteiger partial charge in [-0.25, -0.2) is 0 Å². The minimum Gasteiger partial charge on any atom is -0.459 e. The molecule has 1 fully saturated rings. The van der Waals surface area contributed by atoms with Crippen LogP contribution in [0.25, 0.3) is 10.9 Å². The largest absolute Gasteiger partial charge is 0.459 e. The minimum absolute atomic E-state index is 0.0864. The van der Waals surface area contributed by atoms with Crippen LogP contribution in [0.4, 0.5) is 0 Å². The number of para-hydroxylation sites is 1. The van der Waals surface area contributed by atoms with Crippen molar-refractivity contribution in [1.29, 1.82) is 0 Å². The molecule has 1 saturated heterocycles. The quantitative estimate of drug-likeness (QED) is 0.498. The highest BCUT2D eigenvalue weighted by Gasteiger charge is 2.32. The first-order chi connectivity index (χ1) is 20.1. The van der Waals surface area contributed by atoms with Gasteiger partial charge in [0.05, 0.1) is 65.0 Å². The Morgan fingerprint density at radius 3 is 2.20 bits per heavy atom. The summed E-state index contributed by atoms with van der Waals surface area (Å²) in [6.45, 7) is 6.14. The van der Waals surface area contributed by atoms with Crippen molar-refractivity contribution in [2.75, 3.05) is 79.2 Å². The Balaban J connectivity index is 1.56. The number of carbonyl (C=O) groups excluding carboxylic acids is 2. The average Bonchev–Trinajstić information content (AvgIpc) is 3.37. The number of aliphatic hydroxyl groups excluding tert-OH is 1. The van der Waals surface area contributed by atoms with E-state index in [0.29, 0.717) is 91.8 Å². The SMILES string of the molecule is CC(=O)n1cc([C@H]2C=C(C(=O)N3CCOCCOCCOCCOCC3)O[C@@H](OCCCCO)C2)c2ccccc21. The molecule has 1 N–H and O–H groups in total. The molecule has 0 aliphatic carbocycles. The molecule has 0 unspecified atom stereocenters. The second-order valence-electron chi connectivity index (χ2n) is 9.95. The van der Waals surface area contributed by atoms with Crippen LogP contribution in [0.5, 0.6) is 0 Å². The highest BCUT2D eigenvalue weighted by molar-refractivity contribution is 5.95. The number of rotatable bonds is 7. The van der Waals surface area contributed by atoms with Crippen LogP contribution in [0.1, 0.15) is 42.5 Å². The van der Waals surface area contributed by atoms with Gasteiger partial charge in [0, 0.05) is 50.5 Å². The number of nitrogens with zero attached hydrogens (tertiary/aromatic N) is 2. The summed E-state index contributed by atoms with van der Waals surface area (Å²) < 4.78 is 36.1. The van der Waals surface area contributed by atoms with E-state index >= 15 is 0 Å². The third-order valence-corrected chi connectivity index (χ3v) is 7.02. The van der Waals surface area contributed by atoms with Crippen molar-refractivity contribution in [1.82, 2.24) is 9.47 Å². The number of ether oxygens (including phenoxy) is 6.